The number of H-pyrrole nitrogens is 1. The maximum absolute atomic E-state index is 12.3. The van der Waals surface area contributed by atoms with Gasteiger partial charge in [-0.1, -0.05) is 17.8 Å². The number of anilines is 1. The van der Waals surface area contributed by atoms with E-state index in [2.05, 4.69) is 36.5 Å². The summed E-state index contributed by atoms with van der Waals surface area (Å²) in [7, 11) is 0. The summed E-state index contributed by atoms with van der Waals surface area (Å²) in [6, 6.07) is 10.8. The van der Waals surface area contributed by atoms with Crippen molar-refractivity contribution in [1.29, 1.82) is 0 Å². The van der Waals surface area contributed by atoms with Crippen LogP contribution < -0.4 is 10.9 Å². The molecule has 0 unspecified atom stereocenters. The van der Waals surface area contributed by atoms with Crippen LogP contribution in [0.25, 0.3) is 17.0 Å². The third kappa shape index (κ3) is 3.73. The van der Waals surface area contributed by atoms with Gasteiger partial charge in [0.2, 0.25) is 11.1 Å². The number of aromatic amines is 1. The number of nitrogens with zero attached hydrogens (tertiary/aromatic N) is 3. The van der Waals surface area contributed by atoms with Crippen molar-refractivity contribution in [1.82, 2.24) is 19.8 Å². The van der Waals surface area contributed by atoms with Crippen LogP contribution in [-0.2, 0) is 4.79 Å². The van der Waals surface area contributed by atoms with Crippen LogP contribution >= 0.6 is 27.7 Å². The van der Waals surface area contributed by atoms with E-state index in [0.717, 1.165) is 10.0 Å². The Bertz CT molecular complexity index is 1220. The molecule has 142 valence electrons. The van der Waals surface area contributed by atoms with E-state index in [1.54, 1.807) is 18.2 Å². The average Bonchev–Trinajstić information content (AvgIpc) is 3.33. The van der Waals surface area contributed by atoms with E-state index in [1.165, 1.54) is 22.5 Å². The Kier molecular flexibility index (Phi) is 5.05. The number of aryl methyl sites for hydroxylation is 1. The highest BCUT2D eigenvalue weighted by molar-refractivity contribution is 9.10. The standard InChI is InChI=1S/C18H14BrN5O3S/c1-10-4-5-12(11(19)7-10)20-16(25)9-28-18-22-21-17(26)14-8-13(23-24(14)18)15-3-2-6-27-15/h2-8H,9H2,1H3,(H,20,25)(H,21,26). The third-order valence-corrected chi connectivity index (χ3v) is 5.47. The number of thioether (sulfide) groups is 1. The first-order valence-electron chi connectivity index (χ1n) is 8.22. The maximum Gasteiger partial charge on any atom is 0.290 e. The minimum absolute atomic E-state index is 0.102. The van der Waals surface area contributed by atoms with E-state index in [4.69, 9.17) is 4.42 Å². The van der Waals surface area contributed by atoms with E-state index in [9.17, 15) is 9.59 Å². The molecular formula is C18H14BrN5O3S. The van der Waals surface area contributed by atoms with Crippen molar-refractivity contribution in [3.05, 3.63) is 63.1 Å². The van der Waals surface area contributed by atoms with Gasteiger partial charge < -0.3 is 9.73 Å². The Morgan fingerprint density at radius 2 is 2.21 bits per heavy atom. The van der Waals surface area contributed by atoms with Crippen LogP contribution in [0.5, 0.6) is 0 Å². The lowest BCUT2D eigenvalue weighted by atomic mass is 10.2. The molecule has 0 radical (unpaired) electrons. The SMILES string of the molecule is Cc1ccc(NC(=O)CSc2n[nH]c(=O)c3cc(-c4ccco4)nn23)c(Br)c1. The molecular weight excluding hydrogens is 446 g/mol. The molecule has 10 heteroatoms. The zero-order chi connectivity index (χ0) is 19.7. The Hall–Kier alpha value is -2.85. The lowest BCUT2D eigenvalue weighted by Crippen LogP contribution is -2.17. The molecule has 0 aliphatic carbocycles. The van der Waals surface area contributed by atoms with Gasteiger partial charge in [-0.25, -0.2) is 9.61 Å². The number of rotatable bonds is 5. The van der Waals surface area contributed by atoms with Crippen LogP contribution in [0.3, 0.4) is 0 Å². The average molecular weight is 460 g/mol. The van der Waals surface area contributed by atoms with Crippen molar-refractivity contribution in [2.75, 3.05) is 11.1 Å². The number of aromatic nitrogens is 4. The van der Waals surface area contributed by atoms with Crippen LogP contribution in [0.4, 0.5) is 5.69 Å². The molecule has 0 bridgehead atoms. The van der Waals surface area contributed by atoms with Crippen molar-refractivity contribution >= 4 is 44.8 Å². The van der Waals surface area contributed by atoms with Gasteiger partial charge >= 0.3 is 0 Å². The highest BCUT2D eigenvalue weighted by Gasteiger charge is 2.15. The predicted molar refractivity (Wildman–Crippen MR) is 110 cm³/mol. The maximum atomic E-state index is 12.3. The second-order valence-electron chi connectivity index (χ2n) is 5.96. The molecule has 4 rings (SSSR count). The molecule has 0 fully saturated rings. The first kappa shape index (κ1) is 18.5. The third-order valence-electron chi connectivity index (χ3n) is 3.88. The summed E-state index contributed by atoms with van der Waals surface area (Å²) in [5.41, 5.74) is 2.24. The van der Waals surface area contributed by atoms with Crippen molar-refractivity contribution in [2.45, 2.75) is 12.1 Å². The number of carbonyl (C=O) groups is 1. The van der Waals surface area contributed by atoms with E-state index in [0.29, 0.717) is 27.8 Å². The Morgan fingerprint density at radius 3 is 2.96 bits per heavy atom. The highest BCUT2D eigenvalue weighted by Crippen LogP contribution is 2.25. The van der Waals surface area contributed by atoms with Crippen LogP contribution in [0.15, 0.2) is 61.5 Å². The first-order chi connectivity index (χ1) is 13.5. The highest BCUT2D eigenvalue weighted by atomic mass is 79.9. The number of hydrogen-bond donors (Lipinski definition) is 2. The van der Waals surface area contributed by atoms with Gasteiger partial charge in [-0.15, -0.1) is 5.10 Å². The molecule has 3 heterocycles. The second-order valence-corrected chi connectivity index (χ2v) is 7.76. The van der Waals surface area contributed by atoms with Gasteiger partial charge in [0.15, 0.2) is 5.76 Å². The van der Waals surface area contributed by atoms with E-state index in [-0.39, 0.29) is 17.2 Å². The van der Waals surface area contributed by atoms with Crippen LogP contribution in [0.2, 0.25) is 0 Å². The lowest BCUT2D eigenvalue weighted by Gasteiger charge is -2.08. The number of halogens is 1. The zero-order valence-electron chi connectivity index (χ0n) is 14.6. The van der Waals surface area contributed by atoms with Crippen molar-refractivity contribution in [3.8, 4) is 11.5 Å². The smallest absolute Gasteiger partial charge is 0.290 e. The van der Waals surface area contributed by atoms with Crippen molar-refractivity contribution in [2.24, 2.45) is 0 Å². The number of furan rings is 1. The molecule has 0 aliphatic rings. The number of fused-ring (bicyclic) bond motifs is 1. The van der Waals surface area contributed by atoms with Crippen LogP contribution in [0.1, 0.15) is 5.56 Å². The van der Waals surface area contributed by atoms with Gasteiger partial charge in [-0.05, 0) is 52.7 Å². The molecule has 0 saturated carbocycles. The Morgan fingerprint density at radius 1 is 1.36 bits per heavy atom. The molecule has 0 saturated heterocycles. The van der Waals surface area contributed by atoms with Gasteiger partial charge in [0.1, 0.15) is 11.2 Å². The fourth-order valence-corrected chi connectivity index (χ4v) is 3.86. The topological polar surface area (TPSA) is 105 Å². The van der Waals surface area contributed by atoms with Crippen molar-refractivity contribution in [3.63, 3.8) is 0 Å². The van der Waals surface area contributed by atoms with E-state index < -0.39 is 0 Å². The van der Waals surface area contributed by atoms with Gasteiger partial charge in [0.25, 0.3) is 5.56 Å². The minimum Gasteiger partial charge on any atom is -0.463 e. The molecule has 4 aromatic rings. The first-order valence-corrected chi connectivity index (χ1v) is 10.0. The summed E-state index contributed by atoms with van der Waals surface area (Å²) >= 11 is 4.60. The number of nitrogens with one attached hydrogen (secondary N) is 2. The molecule has 1 amide bonds. The molecule has 0 spiro atoms. The van der Waals surface area contributed by atoms with Crippen LogP contribution in [0, 0.1) is 6.92 Å². The summed E-state index contributed by atoms with van der Waals surface area (Å²) in [5, 5.41) is 14.1. The minimum atomic E-state index is -0.373. The van der Waals surface area contributed by atoms with Gasteiger partial charge in [0, 0.05) is 10.5 Å². The number of benzene rings is 1. The predicted octanol–water partition coefficient (Wildman–Crippen LogP) is 3.48. The monoisotopic (exact) mass is 459 g/mol. The molecule has 1 aromatic carbocycles. The van der Waals surface area contributed by atoms with E-state index in [1.807, 2.05) is 25.1 Å². The zero-order valence-corrected chi connectivity index (χ0v) is 17.0. The van der Waals surface area contributed by atoms with Crippen molar-refractivity contribution < 1.29 is 9.21 Å². The lowest BCUT2D eigenvalue weighted by molar-refractivity contribution is -0.113. The molecule has 8 nitrogen and oxygen atoms in total. The fourth-order valence-electron chi connectivity index (χ4n) is 2.57. The number of carbonyl (C=O) groups excluding carboxylic acids is 1. The largest absolute Gasteiger partial charge is 0.463 e. The summed E-state index contributed by atoms with van der Waals surface area (Å²) in [6.45, 7) is 1.97. The molecule has 3 aromatic heterocycles. The summed E-state index contributed by atoms with van der Waals surface area (Å²) in [6.07, 6.45) is 1.53. The molecule has 2 N–H and O–H groups in total. The Labute approximate surface area is 171 Å². The van der Waals surface area contributed by atoms with Gasteiger partial charge in [-0.3, -0.25) is 9.59 Å². The second kappa shape index (κ2) is 7.64. The van der Waals surface area contributed by atoms with Gasteiger partial charge in [0.05, 0.1) is 17.7 Å². The normalized spacial score (nSPS) is 11.1. The van der Waals surface area contributed by atoms with Gasteiger partial charge in [-0.2, -0.15) is 5.10 Å². The van der Waals surface area contributed by atoms with Crippen LogP contribution in [-0.4, -0.2) is 31.5 Å². The molecule has 0 atom stereocenters. The fraction of sp³-hybridized carbons (Fsp3) is 0.111. The quantitative estimate of drug-likeness (QED) is 0.442. The number of amides is 1. The summed E-state index contributed by atoms with van der Waals surface area (Å²) < 4.78 is 7.55. The Balaban J connectivity index is 1.54. The summed E-state index contributed by atoms with van der Waals surface area (Å²) in [4.78, 5) is 24.4. The van der Waals surface area contributed by atoms with E-state index >= 15 is 0 Å². The molecule has 0 aliphatic heterocycles. The number of hydrogen-bond acceptors (Lipinski definition) is 6. The molecule has 28 heavy (non-hydrogen) atoms. The summed E-state index contributed by atoms with van der Waals surface area (Å²) in [5.74, 6) is 0.444.